The Morgan fingerprint density at radius 2 is 1.63 bits per heavy atom. The Balaban J connectivity index is 2.10. The van der Waals surface area contributed by atoms with Gasteiger partial charge in [0.1, 0.15) is 17.3 Å². The second-order valence-corrected chi connectivity index (χ2v) is 6.84. The molecule has 2 aromatic carbocycles. The van der Waals surface area contributed by atoms with E-state index < -0.39 is 6.61 Å². The second kappa shape index (κ2) is 5.37. The standard InChI is InChI=1S/C15H15F2OS/c16-15(17)18-13-7-8-14(19-9-3-4-10-19)12-6-2-1-5-11(12)13/h1-2,5-8,15H,3-4,9-10H2/q+1. The van der Waals surface area contributed by atoms with Crippen LogP contribution in [-0.4, -0.2) is 18.1 Å². The van der Waals surface area contributed by atoms with E-state index in [1.807, 2.05) is 30.3 Å². The highest BCUT2D eigenvalue weighted by molar-refractivity contribution is 7.97. The van der Waals surface area contributed by atoms with E-state index in [1.54, 1.807) is 6.07 Å². The molecule has 1 aliphatic heterocycles. The van der Waals surface area contributed by atoms with Gasteiger partial charge in [-0.1, -0.05) is 18.2 Å². The molecule has 1 fully saturated rings. The molecule has 0 spiro atoms. The first kappa shape index (κ1) is 12.7. The molecule has 0 bridgehead atoms. The lowest BCUT2D eigenvalue weighted by atomic mass is 10.1. The Morgan fingerprint density at radius 3 is 2.32 bits per heavy atom. The van der Waals surface area contributed by atoms with Crippen molar-refractivity contribution in [3.8, 4) is 5.75 Å². The van der Waals surface area contributed by atoms with Crippen molar-refractivity contribution in [2.75, 3.05) is 11.5 Å². The normalized spacial score (nSPS) is 16.4. The minimum atomic E-state index is -2.77. The predicted molar refractivity (Wildman–Crippen MR) is 75.2 cm³/mol. The molecule has 0 radical (unpaired) electrons. The van der Waals surface area contributed by atoms with Gasteiger partial charge in [-0.05, 0) is 31.0 Å². The van der Waals surface area contributed by atoms with E-state index in [4.69, 9.17) is 0 Å². The number of fused-ring (bicyclic) bond motifs is 1. The molecule has 0 aromatic heterocycles. The van der Waals surface area contributed by atoms with E-state index in [0.29, 0.717) is 0 Å². The van der Waals surface area contributed by atoms with Gasteiger partial charge in [-0.3, -0.25) is 0 Å². The number of halogens is 2. The maximum Gasteiger partial charge on any atom is 0.387 e. The molecule has 100 valence electrons. The maximum atomic E-state index is 12.4. The summed E-state index contributed by atoms with van der Waals surface area (Å²) in [6, 6.07) is 11.3. The van der Waals surface area contributed by atoms with Gasteiger partial charge < -0.3 is 4.74 Å². The molecule has 4 heteroatoms. The number of alkyl halides is 2. The van der Waals surface area contributed by atoms with Crippen molar-refractivity contribution in [3.05, 3.63) is 36.4 Å². The predicted octanol–water partition coefficient (Wildman–Crippen LogP) is 4.21. The molecule has 0 amide bonds. The third kappa shape index (κ3) is 2.54. The molecule has 19 heavy (non-hydrogen) atoms. The van der Waals surface area contributed by atoms with E-state index in [2.05, 4.69) is 4.74 Å². The minimum Gasteiger partial charge on any atom is -0.434 e. The SMILES string of the molecule is FC(F)Oc1ccc([S+]2CCCC2)c2ccccc12. The molecule has 3 rings (SSSR count). The molecule has 0 aliphatic carbocycles. The van der Waals surface area contributed by atoms with Gasteiger partial charge in [-0.15, -0.1) is 0 Å². The minimum absolute atomic E-state index is 0.271. The third-order valence-corrected chi connectivity index (χ3v) is 5.94. The highest BCUT2D eigenvalue weighted by atomic mass is 32.2. The van der Waals surface area contributed by atoms with E-state index >= 15 is 0 Å². The van der Waals surface area contributed by atoms with Gasteiger partial charge in [-0.2, -0.15) is 8.78 Å². The van der Waals surface area contributed by atoms with Crippen LogP contribution in [0, 0.1) is 0 Å². The fourth-order valence-electron chi connectivity index (χ4n) is 2.57. The molecule has 1 nitrogen and oxygen atoms in total. The summed E-state index contributed by atoms with van der Waals surface area (Å²) in [5.41, 5.74) is 0. The van der Waals surface area contributed by atoms with Crippen LogP contribution in [0.25, 0.3) is 10.8 Å². The van der Waals surface area contributed by atoms with Crippen LogP contribution in [0.5, 0.6) is 5.75 Å². The summed E-state index contributed by atoms with van der Waals surface area (Å²) in [4.78, 5) is 1.30. The lowest BCUT2D eigenvalue weighted by molar-refractivity contribution is -0.0488. The van der Waals surface area contributed by atoms with Crippen molar-refractivity contribution in [2.45, 2.75) is 24.3 Å². The van der Waals surface area contributed by atoms with Crippen LogP contribution >= 0.6 is 0 Å². The first-order valence-electron chi connectivity index (χ1n) is 6.40. The van der Waals surface area contributed by atoms with Gasteiger partial charge in [0.25, 0.3) is 0 Å². The van der Waals surface area contributed by atoms with Crippen molar-refractivity contribution >= 4 is 21.7 Å². The quantitative estimate of drug-likeness (QED) is 0.766. The smallest absolute Gasteiger partial charge is 0.387 e. The zero-order chi connectivity index (χ0) is 13.2. The molecule has 0 atom stereocenters. The summed E-state index contributed by atoms with van der Waals surface area (Å²) in [5.74, 6) is 2.72. The van der Waals surface area contributed by atoms with E-state index in [9.17, 15) is 8.78 Å². The number of benzene rings is 2. The number of hydrogen-bond acceptors (Lipinski definition) is 1. The first-order chi connectivity index (χ1) is 9.25. The summed E-state index contributed by atoms with van der Waals surface area (Å²) in [6.07, 6.45) is 2.54. The van der Waals surface area contributed by atoms with Crippen LogP contribution < -0.4 is 4.74 Å². The van der Waals surface area contributed by atoms with Crippen molar-refractivity contribution in [1.82, 2.24) is 0 Å². The third-order valence-electron chi connectivity index (χ3n) is 3.40. The van der Waals surface area contributed by atoms with E-state index in [-0.39, 0.29) is 16.6 Å². The molecule has 1 saturated heterocycles. The van der Waals surface area contributed by atoms with E-state index in [0.717, 1.165) is 10.8 Å². The second-order valence-electron chi connectivity index (χ2n) is 4.59. The highest BCUT2D eigenvalue weighted by Crippen LogP contribution is 2.35. The topological polar surface area (TPSA) is 9.23 Å². The molecular weight excluding hydrogens is 266 g/mol. The average molecular weight is 281 g/mol. The Hall–Kier alpha value is -1.29. The van der Waals surface area contributed by atoms with Gasteiger partial charge in [0.05, 0.1) is 0 Å². The van der Waals surface area contributed by atoms with Gasteiger partial charge in [0.15, 0.2) is 4.90 Å². The molecule has 1 aliphatic rings. The molecular formula is C15H15F2OS+. The summed E-state index contributed by atoms with van der Waals surface area (Å²) in [7, 11) is 0.271. The van der Waals surface area contributed by atoms with Gasteiger partial charge >= 0.3 is 6.61 Å². The molecule has 1 heterocycles. The van der Waals surface area contributed by atoms with Crippen LogP contribution in [0.15, 0.2) is 41.3 Å². The molecule has 0 N–H and O–H groups in total. The number of rotatable bonds is 3. The average Bonchev–Trinajstić information content (AvgIpc) is 2.92. The summed E-state index contributed by atoms with van der Waals surface area (Å²) in [5, 5.41) is 1.85. The largest absolute Gasteiger partial charge is 0.434 e. The molecule has 0 unspecified atom stereocenters. The summed E-state index contributed by atoms with van der Waals surface area (Å²) < 4.78 is 29.5. The van der Waals surface area contributed by atoms with Crippen LogP contribution in [-0.2, 0) is 10.9 Å². The fourth-order valence-corrected chi connectivity index (χ4v) is 5.07. The van der Waals surface area contributed by atoms with Crippen molar-refractivity contribution in [2.24, 2.45) is 0 Å². The number of ether oxygens (including phenoxy) is 1. The maximum absolute atomic E-state index is 12.4. The monoisotopic (exact) mass is 281 g/mol. The summed E-state index contributed by atoms with van der Waals surface area (Å²) >= 11 is 0. The Morgan fingerprint density at radius 1 is 0.947 bits per heavy atom. The van der Waals surface area contributed by atoms with Crippen LogP contribution in [0.3, 0.4) is 0 Å². The van der Waals surface area contributed by atoms with Crippen LogP contribution in [0.4, 0.5) is 8.78 Å². The van der Waals surface area contributed by atoms with Gasteiger partial charge in [0.2, 0.25) is 0 Å². The van der Waals surface area contributed by atoms with Crippen molar-refractivity contribution in [1.29, 1.82) is 0 Å². The summed E-state index contributed by atoms with van der Waals surface area (Å²) in [6.45, 7) is -2.77. The fraction of sp³-hybridized carbons (Fsp3) is 0.333. The Kier molecular flexibility index (Phi) is 3.60. The first-order valence-corrected chi connectivity index (χ1v) is 7.96. The lowest BCUT2D eigenvalue weighted by Gasteiger charge is -2.10. The van der Waals surface area contributed by atoms with Crippen molar-refractivity contribution < 1.29 is 13.5 Å². The molecule has 2 aromatic rings. The Labute approximate surface area is 113 Å². The Bertz CT molecular complexity index is 579. The van der Waals surface area contributed by atoms with Gasteiger partial charge in [-0.25, -0.2) is 0 Å². The van der Waals surface area contributed by atoms with Crippen LogP contribution in [0.1, 0.15) is 12.8 Å². The van der Waals surface area contributed by atoms with Crippen molar-refractivity contribution in [3.63, 3.8) is 0 Å². The molecule has 0 saturated carbocycles. The zero-order valence-corrected chi connectivity index (χ0v) is 11.3. The van der Waals surface area contributed by atoms with Gasteiger partial charge in [0, 0.05) is 21.7 Å². The highest BCUT2D eigenvalue weighted by Gasteiger charge is 2.29. The lowest BCUT2D eigenvalue weighted by Crippen LogP contribution is -2.06. The number of hydrogen-bond donors (Lipinski definition) is 0. The van der Waals surface area contributed by atoms with E-state index in [1.165, 1.54) is 29.2 Å². The zero-order valence-electron chi connectivity index (χ0n) is 10.4. The van der Waals surface area contributed by atoms with Crippen LogP contribution in [0.2, 0.25) is 0 Å².